The molecule has 0 atom stereocenters. The molecule has 0 unspecified atom stereocenters. The van der Waals surface area contributed by atoms with Gasteiger partial charge in [0.2, 0.25) is 0 Å². The predicted octanol–water partition coefficient (Wildman–Crippen LogP) is 1.42. The van der Waals surface area contributed by atoms with Crippen molar-refractivity contribution in [3.8, 4) is 0 Å². The third kappa shape index (κ3) is 1.69. The van der Waals surface area contributed by atoms with Crippen LogP contribution in [0, 0.1) is 0 Å². The summed E-state index contributed by atoms with van der Waals surface area (Å²) in [7, 11) is 0. The van der Waals surface area contributed by atoms with Crippen molar-refractivity contribution in [2.75, 3.05) is 6.54 Å². The second-order valence-electron chi connectivity index (χ2n) is 4.90. The minimum atomic E-state index is 0.00968. The maximum atomic E-state index is 12.5. The number of para-hydroxylation sites is 1. The first-order valence-electron chi connectivity index (χ1n) is 6.55. The van der Waals surface area contributed by atoms with Crippen LogP contribution in [0.15, 0.2) is 36.7 Å². The Balaban J connectivity index is 1.64. The van der Waals surface area contributed by atoms with E-state index in [2.05, 4.69) is 15.1 Å². The Bertz CT molecular complexity index is 755. The minimum absolute atomic E-state index is 0.00968. The summed E-state index contributed by atoms with van der Waals surface area (Å²) in [4.78, 5) is 21.7. The van der Waals surface area contributed by atoms with E-state index in [1.54, 1.807) is 4.90 Å². The van der Waals surface area contributed by atoms with Gasteiger partial charge in [-0.05, 0) is 12.1 Å². The highest BCUT2D eigenvalue weighted by atomic mass is 16.2. The third-order valence-corrected chi connectivity index (χ3v) is 3.66. The lowest BCUT2D eigenvalue weighted by molar-refractivity contribution is 0.0697. The van der Waals surface area contributed by atoms with Crippen LogP contribution in [0.1, 0.15) is 16.3 Å². The van der Waals surface area contributed by atoms with Crippen LogP contribution in [-0.2, 0) is 13.1 Å². The van der Waals surface area contributed by atoms with Crippen LogP contribution >= 0.6 is 0 Å². The van der Waals surface area contributed by atoms with Crippen LogP contribution in [-0.4, -0.2) is 37.1 Å². The van der Waals surface area contributed by atoms with E-state index >= 15 is 0 Å². The number of aromatic amines is 1. The van der Waals surface area contributed by atoms with Gasteiger partial charge in [-0.3, -0.25) is 4.79 Å². The van der Waals surface area contributed by atoms with Gasteiger partial charge in [0.05, 0.1) is 13.1 Å². The number of nitrogens with one attached hydrogen (secondary N) is 1. The highest BCUT2D eigenvalue weighted by molar-refractivity contribution is 5.98. The van der Waals surface area contributed by atoms with Crippen LogP contribution in [0.4, 0.5) is 0 Å². The summed E-state index contributed by atoms with van der Waals surface area (Å²) >= 11 is 0. The minimum Gasteiger partial charge on any atom is -0.351 e. The SMILES string of the molecule is O=C(c1cc2ccccc2[nH]1)N1CCn2ncnc2C1. The molecule has 1 amide bonds. The molecule has 0 spiro atoms. The van der Waals surface area contributed by atoms with Gasteiger partial charge in [0.1, 0.15) is 17.8 Å². The van der Waals surface area contributed by atoms with Crippen molar-refractivity contribution < 1.29 is 4.79 Å². The Morgan fingerprint density at radius 2 is 2.15 bits per heavy atom. The number of hydrogen-bond acceptors (Lipinski definition) is 3. The van der Waals surface area contributed by atoms with Crippen molar-refractivity contribution >= 4 is 16.8 Å². The highest BCUT2D eigenvalue weighted by Crippen LogP contribution is 2.18. The van der Waals surface area contributed by atoms with Crippen molar-refractivity contribution in [2.45, 2.75) is 13.1 Å². The van der Waals surface area contributed by atoms with E-state index in [9.17, 15) is 4.79 Å². The van der Waals surface area contributed by atoms with Crippen LogP contribution in [0.2, 0.25) is 0 Å². The number of fused-ring (bicyclic) bond motifs is 2. The monoisotopic (exact) mass is 267 g/mol. The molecule has 0 saturated carbocycles. The zero-order chi connectivity index (χ0) is 13.5. The van der Waals surface area contributed by atoms with Gasteiger partial charge < -0.3 is 9.88 Å². The highest BCUT2D eigenvalue weighted by Gasteiger charge is 2.23. The molecule has 0 saturated heterocycles. The van der Waals surface area contributed by atoms with E-state index in [1.165, 1.54) is 6.33 Å². The molecule has 0 fully saturated rings. The molecule has 6 heteroatoms. The standard InChI is InChI=1S/C14H13N5O/c20-14(12-7-10-3-1-2-4-11(10)17-12)18-5-6-19-13(8-18)15-9-16-19/h1-4,7,9,17H,5-6,8H2. The summed E-state index contributed by atoms with van der Waals surface area (Å²) in [6, 6.07) is 9.79. The second-order valence-corrected chi connectivity index (χ2v) is 4.90. The lowest BCUT2D eigenvalue weighted by Gasteiger charge is -2.26. The number of amides is 1. The van der Waals surface area contributed by atoms with Gasteiger partial charge in [-0.25, -0.2) is 9.67 Å². The Hall–Kier alpha value is -2.63. The van der Waals surface area contributed by atoms with E-state index in [1.807, 2.05) is 35.0 Å². The Kier molecular flexibility index (Phi) is 2.35. The normalized spacial score (nSPS) is 14.5. The quantitative estimate of drug-likeness (QED) is 0.725. The average Bonchev–Trinajstić information content (AvgIpc) is 3.11. The lowest BCUT2D eigenvalue weighted by atomic mass is 10.2. The molecule has 0 aliphatic carbocycles. The fourth-order valence-corrected chi connectivity index (χ4v) is 2.59. The van der Waals surface area contributed by atoms with E-state index in [-0.39, 0.29) is 5.91 Å². The van der Waals surface area contributed by atoms with E-state index in [4.69, 9.17) is 0 Å². The zero-order valence-corrected chi connectivity index (χ0v) is 10.8. The first-order valence-corrected chi connectivity index (χ1v) is 6.55. The van der Waals surface area contributed by atoms with Crippen LogP contribution in [0.3, 0.4) is 0 Å². The number of H-pyrrole nitrogens is 1. The van der Waals surface area contributed by atoms with Crippen LogP contribution in [0.5, 0.6) is 0 Å². The Morgan fingerprint density at radius 3 is 3.05 bits per heavy atom. The summed E-state index contributed by atoms with van der Waals surface area (Å²) in [6.07, 6.45) is 1.53. The van der Waals surface area contributed by atoms with Gasteiger partial charge in [0, 0.05) is 17.4 Å². The molecule has 0 radical (unpaired) electrons. The summed E-state index contributed by atoms with van der Waals surface area (Å²) in [6.45, 7) is 1.86. The number of carbonyl (C=O) groups is 1. The van der Waals surface area contributed by atoms with Gasteiger partial charge in [0.25, 0.3) is 5.91 Å². The molecule has 0 bridgehead atoms. The van der Waals surface area contributed by atoms with Crippen molar-refractivity contribution in [1.82, 2.24) is 24.6 Å². The van der Waals surface area contributed by atoms with Crippen molar-refractivity contribution in [3.63, 3.8) is 0 Å². The molecular weight excluding hydrogens is 254 g/mol. The van der Waals surface area contributed by atoms with Gasteiger partial charge in [-0.1, -0.05) is 18.2 Å². The van der Waals surface area contributed by atoms with Crippen molar-refractivity contribution in [3.05, 3.63) is 48.2 Å². The van der Waals surface area contributed by atoms with E-state index < -0.39 is 0 Å². The number of hydrogen-bond donors (Lipinski definition) is 1. The second kappa shape index (κ2) is 4.19. The number of carbonyl (C=O) groups excluding carboxylic acids is 1. The number of aromatic nitrogens is 4. The number of nitrogens with zero attached hydrogens (tertiary/aromatic N) is 4. The zero-order valence-electron chi connectivity index (χ0n) is 10.8. The fraction of sp³-hybridized carbons (Fsp3) is 0.214. The molecule has 3 heterocycles. The molecule has 4 rings (SSSR count). The first kappa shape index (κ1) is 11.2. The maximum Gasteiger partial charge on any atom is 0.270 e. The third-order valence-electron chi connectivity index (χ3n) is 3.66. The van der Waals surface area contributed by atoms with Gasteiger partial charge in [-0.15, -0.1) is 0 Å². The molecular formula is C14H13N5O. The van der Waals surface area contributed by atoms with Crippen molar-refractivity contribution in [1.29, 1.82) is 0 Å². The predicted molar refractivity (Wildman–Crippen MR) is 73.1 cm³/mol. The largest absolute Gasteiger partial charge is 0.351 e. The topological polar surface area (TPSA) is 66.8 Å². The molecule has 2 aromatic heterocycles. The van der Waals surface area contributed by atoms with Gasteiger partial charge >= 0.3 is 0 Å². The van der Waals surface area contributed by atoms with Crippen LogP contribution in [0.25, 0.3) is 10.9 Å². The summed E-state index contributed by atoms with van der Waals surface area (Å²) in [5, 5.41) is 5.17. The molecule has 1 aromatic carbocycles. The Morgan fingerprint density at radius 1 is 1.25 bits per heavy atom. The van der Waals surface area contributed by atoms with Gasteiger partial charge in [-0.2, -0.15) is 5.10 Å². The lowest BCUT2D eigenvalue weighted by Crippen LogP contribution is -2.38. The summed E-state index contributed by atoms with van der Waals surface area (Å²) < 4.78 is 1.84. The molecule has 1 aliphatic heterocycles. The summed E-state index contributed by atoms with van der Waals surface area (Å²) in [5.41, 5.74) is 1.61. The number of benzene rings is 1. The molecule has 1 aliphatic rings. The fourth-order valence-electron chi connectivity index (χ4n) is 2.59. The van der Waals surface area contributed by atoms with Crippen LogP contribution < -0.4 is 0 Å². The molecule has 1 N–H and O–H groups in total. The number of rotatable bonds is 1. The van der Waals surface area contributed by atoms with Gasteiger partial charge in [0.15, 0.2) is 0 Å². The smallest absolute Gasteiger partial charge is 0.270 e. The first-order chi connectivity index (χ1) is 9.81. The maximum absolute atomic E-state index is 12.5. The van der Waals surface area contributed by atoms with E-state index in [0.717, 1.165) is 16.7 Å². The van der Waals surface area contributed by atoms with E-state index in [0.29, 0.717) is 25.3 Å². The molecule has 100 valence electrons. The van der Waals surface area contributed by atoms with Crippen molar-refractivity contribution in [2.24, 2.45) is 0 Å². The average molecular weight is 267 g/mol. The Labute approximate surface area is 115 Å². The molecule has 3 aromatic rings. The molecule has 6 nitrogen and oxygen atoms in total. The summed E-state index contributed by atoms with van der Waals surface area (Å²) in [5.74, 6) is 0.844. The molecule has 20 heavy (non-hydrogen) atoms.